The largest absolute Gasteiger partial charge is 0.496 e. The molecule has 31 heavy (non-hydrogen) atoms. The topological polar surface area (TPSA) is 110 Å². The Balaban J connectivity index is 1.77. The van der Waals surface area contributed by atoms with Gasteiger partial charge in [0.1, 0.15) is 11.8 Å². The number of fused-ring (bicyclic) bond motifs is 1. The molecule has 2 N–H and O–H groups in total. The van der Waals surface area contributed by atoms with Crippen molar-refractivity contribution in [2.75, 3.05) is 7.11 Å². The molecule has 8 heteroatoms. The fourth-order valence-electron chi connectivity index (χ4n) is 3.15. The van der Waals surface area contributed by atoms with E-state index in [2.05, 4.69) is 15.3 Å². The van der Waals surface area contributed by atoms with E-state index >= 15 is 0 Å². The fraction of sp³-hybridized carbons (Fsp3) is 0.304. The summed E-state index contributed by atoms with van der Waals surface area (Å²) in [6, 6.07) is 12.8. The molecule has 0 aliphatic heterocycles. The van der Waals surface area contributed by atoms with Crippen molar-refractivity contribution in [2.24, 2.45) is 5.92 Å². The third-order valence-corrected chi connectivity index (χ3v) is 4.87. The number of hydrogen-bond acceptors (Lipinski definition) is 6. The molecule has 0 bridgehead atoms. The Morgan fingerprint density at radius 3 is 2.42 bits per heavy atom. The van der Waals surface area contributed by atoms with Crippen molar-refractivity contribution >= 4 is 22.8 Å². The number of ether oxygens (including phenoxy) is 2. The Bertz CT molecular complexity index is 1160. The van der Waals surface area contributed by atoms with Crippen molar-refractivity contribution in [3.8, 4) is 5.75 Å². The fourth-order valence-corrected chi connectivity index (χ4v) is 3.15. The van der Waals surface area contributed by atoms with Gasteiger partial charge in [0.15, 0.2) is 11.9 Å². The van der Waals surface area contributed by atoms with E-state index < -0.39 is 24.0 Å². The molecule has 0 aliphatic carbocycles. The second-order valence-corrected chi connectivity index (χ2v) is 7.44. The highest BCUT2D eigenvalue weighted by Gasteiger charge is 2.29. The van der Waals surface area contributed by atoms with E-state index in [0.29, 0.717) is 22.2 Å². The van der Waals surface area contributed by atoms with Crippen molar-refractivity contribution in [2.45, 2.75) is 32.9 Å². The average Bonchev–Trinajstić information content (AvgIpc) is 2.76. The second kappa shape index (κ2) is 9.42. The summed E-state index contributed by atoms with van der Waals surface area (Å²) in [6.45, 7) is 5.22. The molecule has 0 aliphatic rings. The molecule has 2 aromatic carbocycles. The third kappa shape index (κ3) is 4.91. The number of aromatic amines is 1. The summed E-state index contributed by atoms with van der Waals surface area (Å²) >= 11 is 0. The Kier molecular flexibility index (Phi) is 6.69. The van der Waals surface area contributed by atoms with Gasteiger partial charge in [-0.25, -0.2) is 9.78 Å². The Morgan fingerprint density at radius 2 is 1.71 bits per heavy atom. The number of carbonyl (C=O) groups excluding carboxylic acids is 2. The molecule has 3 rings (SSSR count). The van der Waals surface area contributed by atoms with Crippen LogP contribution in [0.25, 0.3) is 10.9 Å². The highest BCUT2D eigenvalue weighted by Crippen LogP contribution is 2.19. The van der Waals surface area contributed by atoms with Gasteiger partial charge < -0.3 is 19.8 Å². The number of benzene rings is 2. The van der Waals surface area contributed by atoms with E-state index in [4.69, 9.17) is 9.47 Å². The van der Waals surface area contributed by atoms with Crippen LogP contribution < -0.4 is 15.6 Å². The molecule has 1 amide bonds. The van der Waals surface area contributed by atoms with Gasteiger partial charge in [-0.1, -0.05) is 38.1 Å². The molecule has 3 aromatic rings. The van der Waals surface area contributed by atoms with Gasteiger partial charge in [-0.15, -0.1) is 0 Å². The molecule has 1 heterocycles. The first-order chi connectivity index (χ1) is 14.8. The van der Waals surface area contributed by atoms with Crippen LogP contribution in [-0.2, 0) is 9.53 Å². The molecular weight excluding hydrogens is 398 g/mol. The minimum absolute atomic E-state index is 0.232. The quantitative estimate of drug-likeness (QED) is 0.565. The first-order valence-electron chi connectivity index (χ1n) is 9.95. The molecule has 1 aromatic heterocycles. The van der Waals surface area contributed by atoms with Crippen LogP contribution in [0.2, 0.25) is 0 Å². The molecule has 0 saturated heterocycles. The van der Waals surface area contributed by atoms with Gasteiger partial charge in [0.25, 0.3) is 11.5 Å². The first kappa shape index (κ1) is 22.0. The van der Waals surface area contributed by atoms with E-state index in [1.165, 1.54) is 7.11 Å². The van der Waals surface area contributed by atoms with Crippen LogP contribution in [0.4, 0.5) is 0 Å². The first-order valence-corrected chi connectivity index (χ1v) is 9.95. The number of nitrogens with one attached hydrogen (secondary N) is 2. The van der Waals surface area contributed by atoms with Crippen LogP contribution in [0.3, 0.4) is 0 Å². The highest BCUT2D eigenvalue weighted by atomic mass is 16.5. The number of esters is 1. The van der Waals surface area contributed by atoms with Gasteiger partial charge in [-0.05, 0) is 37.1 Å². The maximum absolute atomic E-state index is 12.9. The predicted molar refractivity (Wildman–Crippen MR) is 116 cm³/mol. The second-order valence-electron chi connectivity index (χ2n) is 7.44. The maximum atomic E-state index is 12.9. The van der Waals surface area contributed by atoms with Crippen LogP contribution in [-0.4, -0.2) is 35.0 Å². The molecule has 8 nitrogen and oxygen atoms in total. The van der Waals surface area contributed by atoms with Gasteiger partial charge >= 0.3 is 5.97 Å². The van der Waals surface area contributed by atoms with E-state index in [9.17, 15) is 14.4 Å². The normalized spacial score (nSPS) is 12.9. The lowest BCUT2D eigenvalue weighted by Gasteiger charge is -2.23. The van der Waals surface area contributed by atoms with Crippen LogP contribution in [0.5, 0.6) is 5.75 Å². The van der Waals surface area contributed by atoms with Crippen molar-refractivity contribution in [3.05, 3.63) is 70.3 Å². The average molecular weight is 423 g/mol. The van der Waals surface area contributed by atoms with Crippen LogP contribution >= 0.6 is 0 Å². The summed E-state index contributed by atoms with van der Waals surface area (Å²) in [4.78, 5) is 44.9. The molecular formula is C23H25N3O5. The van der Waals surface area contributed by atoms with Crippen LogP contribution in [0.15, 0.2) is 53.3 Å². The number of nitrogens with zero attached hydrogens (tertiary/aromatic N) is 1. The van der Waals surface area contributed by atoms with Gasteiger partial charge in [0.05, 0.1) is 23.6 Å². The SMILES string of the molecule is COc1ccccc1C(=O)N[C@H](C(=O)O[C@@H](C)c1nc2ccccc2c(=O)[nH]1)C(C)C. The Morgan fingerprint density at radius 1 is 1.03 bits per heavy atom. The summed E-state index contributed by atoms with van der Waals surface area (Å²) in [5.74, 6) is -0.667. The number of hydrogen-bond donors (Lipinski definition) is 2. The lowest BCUT2D eigenvalue weighted by atomic mass is 10.0. The lowest BCUT2D eigenvalue weighted by Crippen LogP contribution is -2.45. The van der Waals surface area contributed by atoms with Gasteiger partial charge in [-0.2, -0.15) is 0 Å². The zero-order chi connectivity index (χ0) is 22.5. The Hall–Kier alpha value is -3.68. The zero-order valence-electron chi connectivity index (χ0n) is 17.8. The zero-order valence-corrected chi connectivity index (χ0v) is 17.8. The Labute approximate surface area is 179 Å². The van der Waals surface area contributed by atoms with Crippen molar-refractivity contribution in [1.82, 2.24) is 15.3 Å². The minimum Gasteiger partial charge on any atom is -0.496 e. The van der Waals surface area contributed by atoms with E-state index in [1.54, 1.807) is 69.3 Å². The monoisotopic (exact) mass is 423 g/mol. The molecule has 0 saturated carbocycles. The smallest absolute Gasteiger partial charge is 0.329 e. The van der Waals surface area contributed by atoms with Gasteiger partial charge in [0.2, 0.25) is 0 Å². The van der Waals surface area contributed by atoms with Crippen molar-refractivity contribution in [1.29, 1.82) is 0 Å². The number of amides is 1. The number of carbonyl (C=O) groups is 2. The standard InChI is InChI=1S/C23H25N3O5/c1-13(2)19(25-22(28)16-10-6-8-12-18(16)30-4)23(29)31-14(3)20-24-17-11-7-5-9-15(17)21(27)26-20/h5-14,19H,1-4H3,(H,25,28)(H,24,26,27)/t14-,19-/m0/s1. The van der Waals surface area contributed by atoms with Crippen LogP contribution in [0.1, 0.15) is 43.1 Å². The number of H-pyrrole nitrogens is 1. The summed E-state index contributed by atoms with van der Waals surface area (Å²) in [5, 5.41) is 3.17. The van der Waals surface area contributed by atoms with Gasteiger partial charge in [-0.3, -0.25) is 9.59 Å². The predicted octanol–water partition coefficient (Wildman–Crippen LogP) is 2.99. The summed E-state index contributed by atoms with van der Waals surface area (Å²) < 4.78 is 10.8. The molecule has 0 radical (unpaired) electrons. The molecule has 2 atom stereocenters. The molecule has 162 valence electrons. The van der Waals surface area contributed by atoms with Crippen molar-refractivity contribution in [3.63, 3.8) is 0 Å². The minimum atomic E-state index is -0.896. The lowest BCUT2D eigenvalue weighted by molar-refractivity contribution is -0.152. The number of aromatic nitrogens is 2. The van der Waals surface area contributed by atoms with Crippen molar-refractivity contribution < 1.29 is 19.1 Å². The number of rotatable bonds is 7. The van der Waals surface area contributed by atoms with E-state index in [1.807, 2.05) is 0 Å². The highest BCUT2D eigenvalue weighted by molar-refractivity contribution is 5.99. The maximum Gasteiger partial charge on any atom is 0.329 e. The number of methoxy groups -OCH3 is 1. The van der Waals surface area contributed by atoms with E-state index in [0.717, 1.165) is 0 Å². The molecule has 0 spiro atoms. The van der Waals surface area contributed by atoms with Crippen LogP contribution in [0, 0.1) is 5.92 Å². The molecule has 0 unspecified atom stereocenters. The number of para-hydroxylation sites is 2. The summed E-state index contributed by atoms with van der Waals surface area (Å²) in [5.41, 5.74) is 0.513. The van der Waals surface area contributed by atoms with E-state index in [-0.39, 0.29) is 17.3 Å². The third-order valence-electron chi connectivity index (χ3n) is 4.87. The molecule has 0 fully saturated rings. The summed E-state index contributed by atoms with van der Waals surface area (Å²) in [7, 11) is 1.47. The van der Waals surface area contributed by atoms with Gasteiger partial charge in [0, 0.05) is 0 Å². The summed E-state index contributed by atoms with van der Waals surface area (Å²) in [6.07, 6.45) is -0.811.